The van der Waals surface area contributed by atoms with Crippen molar-refractivity contribution in [3.05, 3.63) is 41.6 Å². The number of nitrogens with zero attached hydrogens (tertiary/aromatic N) is 3. The molecule has 1 aromatic carbocycles. The number of allylic oxidation sites excluding steroid dienone is 1. The van der Waals surface area contributed by atoms with Crippen molar-refractivity contribution >= 4 is 28.1 Å². The van der Waals surface area contributed by atoms with E-state index in [1.54, 1.807) is 18.2 Å². The highest BCUT2D eigenvalue weighted by Gasteiger charge is 2.39. The summed E-state index contributed by atoms with van der Waals surface area (Å²) in [7, 11) is 1.96. The minimum absolute atomic E-state index is 0.00514. The van der Waals surface area contributed by atoms with Gasteiger partial charge in [-0.3, -0.25) is 10.4 Å². The number of aryl methyl sites for hydroxylation is 1. The Kier molecular flexibility index (Phi) is 6.19. The number of pyridine rings is 1. The van der Waals surface area contributed by atoms with Gasteiger partial charge < -0.3 is 25.6 Å². The normalized spacial score (nSPS) is 19.9. The van der Waals surface area contributed by atoms with Crippen molar-refractivity contribution in [3.63, 3.8) is 0 Å². The van der Waals surface area contributed by atoms with E-state index in [0.717, 1.165) is 48.2 Å². The lowest BCUT2D eigenvalue weighted by Gasteiger charge is -2.49. The number of hydrogen-bond donors (Lipinski definition) is 4. The molecule has 0 saturated carbocycles. The van der Waals surface area contributed by atoms with Crippen LogP contribution < -0.4 is 10.2 Å². The zero-order valence-electron chi connectivity index (χ0n) is 21.3. The van der Waals surface area contributed by atoms with E-state index >= 15 is 0 Å². The van der Waals surface area contributed by atoms with Crippen molar-refractivity contribution in [2.24, 2.45) is 0 Å². The molecule has 7 heteroatoms. The van der Waals surface area contributed by atoms with Crippen molar-refractivity contribution in [2.75, 3.05) is 25.0 Å². The first kappa shape index (κ1) is 24.2. The number of phenolic OH excluding ortho intramolecular Hbond substituents is 1. The zero-order chi connectivity index (χ0) is 24.8. The van der Waals surface area contributed by atoms with Crippen molar-refractivity contribution in [2.45, 2.75) is 71.0 Å². The average molecular weight is 463 g/mol. The molecular weight excluding hydrogens is 424 g/mol. The Hall–Kier alpha value is -2.93. The fourth-order valence-corrected chi connectivity index (χ4v) is 5.52. The van der Waals surface area contributed by atoms with Gasteiger partial charge >= 0.3 is 0 Å². The van der Waals surface area contributed by atoms with Crippen molar-refractivity contribution in [3.8, 4) is 5.75 Å². The Morgan fingerprint density at radius 1 is 1.12 bits per heavy atom. The van der Waals surface area contributed by atoms with Crippen LogP contribution in [0.2, 0.25) is 0 Å². The maximum absolute atomic E-state index is 10.7. The number of likely N-dealkylation sites (N-methyl/N-ethyl adjacent to an activating group) is 1. The Balaban J connectivity index is 1.55. The van der Waals surface area contributed by atoms with Crippen LogP contribution in [0.1, 0.15) is 58.2 Å². The highest BCUT2D eigenvalue weighted by molar-refractivity contribution is 6.13. The molecule has 0 amide bonds. The van der Waals surface area contributed by atoms with Gasteiger partial charge in [0.05, 0.1) is 11.2 Å². The van der Waals surface area contributed by atoms with Gasteiger partial charge in [-0.15, -0.1) is 0 Å². The van der Waals surface area contributed by atoms with Gasteiger partial charge in [-0.25, -0.2) is 0 Å². The molecule has 0 unspecified atom stereocenters. The highest BCUT2D eigenvalue weighted by Crippen LogP contribution is 2.34. The highest BCUT2D eigenvalue weighted by atomic mass is 16.3. The number of rotatable bonds is 5. The van der Waals surface area contributed by atoms with Gasteiger partial charge in [-0.05, 0) is 78.2 Å². The molecule has 3 heterocycles. The molecule has 0 spiro atoms. The zero-order valence-corrected chi connectivity index (χ0v) is 21.3. The van der Waals surface area contributed by atoms with Crippen LogP contribution >= 0.6 is 0 Å². The summed E-state index contributed by atoms with van der Waals surface area (Å²) in [5, 5.41) is 32.5. The summed E-state index contributed by atoms with van der Waals surface area (Å²) in [5.41, 5.74) is 3.38. The van der Waals surface area contributed by atoms with Crippen LogP contribution in [-0.4, -0.2) is 63.8 Å². The summed E-state index contributed by atoms with van der Waals surface area (Å²) in [5.74, 6) is 0.402. The topological polar surface area (TPSA) is 99.3 Å². The molecule has 2 fully saturated rings. The molecule has 0 radical (unpaired) electrons. The number of benzene rings is 1. The van der Waals surface area contributed by atoms with Crippen molar-refractivity contribution < 1.29 is 5.11 Å². The van der Waals surface area contributed by atoms with Gasteiger partial charge in [0, 0.05) is 65.7 Å². The first-order valence-corrected chi connectivity index (χ1v) is 12.1. The van der Waals surface area contributed by atoms with Gasteiger partial charge in [0.1, 0.15) is 11.6 Å². The van der Waals surface area contributed by atoms with Crippen LogP contribution in [0.15, 0.2) is 30.4 Å². The summed E-state index contributed by atoms with van der Waals surface area (Å²) in [6.07, 6.45) is 6.34. The Morgan fingerprint density at radius 2 is 1.76 bits per heavy atom. The number of hydrogen-bond acceptors (Lipinski definition) is 6. The van der Waals surface area contributed by atoms with Crippen LogP contribution in [0.25, 0.3) is 10.9 Å². The van der Waals surface area contributed by atoms with E-state index in [1.165, 1.54) is 6.42 Å². The van der Waals surface area contributed by atoms with Gasteiger partial charge in [0.25, 0.3) is 0 Å². The lowest BCUT2D eigenvalue weighted by Crippen LogP contribution is -2.62. The third kappa shape index (κ3) is 4.94. The number of phenols is 1. The van der Waals surface area contributed by atoms with Gasteiger partial charge in [0.2, 0.25) is 0 Å². The molecule has 34 heavy (non-hydrogen) atoms. The van der Waals surface area contributed by atoms with E-state index in [2.05, 4.69) is 49.0 Å². The molecule has 0 bridgehead atoms. The monoisotopic (exact) mass is 462 g/mol. The van der Waals surface area contributed by atoms with Gasteiger partial charge in [0.15, 0.2) is 0 Å². The second kappa shape index (κ2) is 8.69. The molecule has 2 saturated heterocycles. The standard InChI is InChI=1S/C27H38N6O/c1-17-12-23(33-10-7-11-33)20-13-19(24(34)14-22(20)30-17)21(28)8-9-25(29)32(6)18-15-26(2,3)31-27(4,5)16-18/h8-9,12-14,18,28-29,31,34H,7,10-11,15-16H2,1-6H3/b9-8-,28-21?,29-25?. The molecule has 2 aromatic rings. The smallest absolute Gasteiger partial charge is 0.127 e. The number of fused-ring (bicyclic) bond motifs is 1. The molecule has 7 nitrogen and oxygen atoms in total. The lowest BCUT2D eigenvalue weighted by atomic mass is 9.79. The summed E-state index contributed by atoms with van der Waals surface area (Å²) in [6.45, 7) is 12.8. The van der Waals surface area contributed by atoms with Crippen LogP contribution in [0.4, 0.5) is 5.69 Å². The summed E-state index contributed by atoms with van der Waals surface area (Å²) in [6, 6.07) is 5.83. The summed E-state index contributed by atoms with van der Waals surface area (Å²) < 4.78 is 0. The van der Waals surface area contributed by atoms with Crippen LogP contribution in [-0.2, 0) is 0 Å². The number of piperidine rings is 1. The quantitative estimate of drug-likeness (QED) is 0.384. The number of aromatic hydroxyl groups is 1. The van der Waals surface area contributed by atoms with Crippen LogP contribution in [0.5, 0.6) is 5.75 Å². The molecule has 182 valence electrons. The third-order valence-electron chi connectivity index (χ3n) is 7.02. The fourth-order valence-electron chi connectivity index (χ4n) is 5.52. The number of nitrogens with one attached hydrogen (secondary N) is 3. The molecule has 2 aliphatic rings. The number of anilines is 1. The van der Waals surface area contributed by atoms with Crippen molar-refractivity contribution in [1.82, 2.24) is 15.2 Å². The van der Waals surface area contributed by atoms with E-state index in [4.69, 9.17) is 10.8 Å². The minimum atomic E-state index is -0.00514. The van der Waals surface area contributed by atoms with E-state index in [9.17, 15) is 5.11 Å². The SMILES string of the molecule is Cc1cc(N2CCC2)c2cc(C(=N)/C=C\C(=N)N(C)C3CC(C)(C)NC(C)(C)C3)c(O)cc2n1. The lowest BCUT2D eigenvalue weighted by molar-refractivity contribution is 0.114. The Bertz CT molecular complexity index is 1150. The number of amidine groups is 1. The van der Waals surface area contributed by atoms with Gasteiger partial charge in [-0.2, -0.15) is 0 Å². The predicted molar refractivity (Wildman–Crippen MR) is 141 cm³/mol. The summed E-state index contributed by atoms with van der Waals surface area (Å²) >= 11 is 0. The van der Waals surface area contributed by atoms with E-state index in [0.29, 0.717) is 11.4 Å². The first-order valence-electron chi connectivity index (χ1n) is 12.1. The average Bonchev–Trinajstić information content (AvgIpc) is 2.67. The maximum Gasteiger partial charge on any atom is 0.127 e. The maximum atomic E-state index is 10.7. The van der Waals surface area contributed by atoms with E-state index < -0.39 is 0 Å². The third-order valence-corrected chi connectivity index (χ3v) is 7.02. The van der Waals surface area contributed by atoms with E-state index in [-0.39, 0.29) is 28.6 Å². The number of aromatic nitrogens is 1. The molecule has 0 atom stereocenters. The van der Waals surface area contributed by atoms with Crippen LogP contribution in [0.3, 0.4) is 0 Å². The molecule has 4 N–H and O–H groups in total. The predicted octanol–water partition coefficient (Wildman–Crippen LogP) is 4.60. The Labute approximate surface area is 202 Å². The Morgan fingerprint density at radius 3 is 2.35 bits per heavy atom. The van der Waals surface area contributed by atoms with Crippen molar-refractivity contribution in [1.29, 1.82) is 10.8 Å². The largest absolute Gasteiger partial charge is 0.507 e. The molecule has 2 aliphatic heterocycles. The first-order chi connectivity index (χ1) is 15.8. The molecule has 0 aliphatic carbocycles. The molecular formula is C27H38N6O. The minimum Gasteiger partial charge on any atom is -0.507 e. The van der Waals surface area contributed by atoms with Gasteiger partial charge in [-0.1, -0.05) is 0 Å². The second-order valence-corrected chi connectivity index (χ2v) is 11.2. The fraction of sp³-hybridized carbons (Fsp3) is 0.519. The molecule has 4 rings (SSSR count). The van der Waals surface area contributed by atoms with Crippen LogP contribution in [0, 0.1) is 17.7 Å². The molecule has 1 aromatic heterocycles. The van der Waals surface area contributed by atoms with E-state index in [1.807, 2.05) is 24.9 Å². The summed E-state index contributed by atoms with van der Waals surface area (Å²) in [4.78, 5) is 8.90. The second-order valence-electron chi connectivity index (χ2n) is 11.2.